The third kappa shape index (κ3) is 2.62. The standard InChI is InChI=1S/C8H16N4/c1-3-9-6-4-5-8-7-10-11-12(8)2/h7,9H,3-6H2,1-2H3. The molecule has 0 fully saturated rings. The minimum absolute atomic E-state index is 1.05. The number of hydrogen-bond acceptors (Lipinski definition) is 3. The fraction of sp³-hybridized carbons (Fsp3) is 0.750. The van der Waals surface area contributed by atoms with Gasteiger partial charge in [-0.2, -0.15) is 0 Å². The average Bonchev–Trinajstić information content (AvgIpc) is 2.46. The summed E-state index contributed by atoms with van der Waals surface area (Å²) in [6.45, 7) is 4.23. The highest BCUT2D eigenvalue weighted by Gasteiger charge is 1.97. The van der Waals surface area contributed by atoms with Crippen LogP contribution in [0.15, 0.2) is 6.20 Å². The third-order valence-corrected chi connectivity index (χ3v) is 1.84. The molecule has 0 aromatic carbocycles. The van der Waals surface area contributed by atoms with Gasteiger partial charge in [-0.25, -0.2) is 0 Å². The summed E-state index contributed by atoms with van der Waals surface area (Å²) in [7, 11) is 1.93. The van der Waals surface area contributed by atoms with Crippen LogP contribution in [0.2, 0.25) is 0 Å². The predicted octanol–water partition coefficient (Wildman–Crippen LogP) is 0.357. The van der Waals surface area contributed by atoms with Gasteiger partial charge in [0.15, 0.2) is 0 Å². The van der Waals surface area contributed by atoms with Crippen molar-refractivity contribution in [3.63, 3.8) is 0 Å². The topological polar surface area (TPSA) is 42.7 Å². The molecule has 4 heteroatoms. The lowest BCUT2D eigenvalue weighted by Gasteiger charge is -2.00. The van der Waals surface area contributed by atoms with Crippen LogP contribution in [0.1, 0.15) is 19.0 Å². The first-order valence-corrected chi connectivity index (χ1v) is 4.39. The van der Waals surface area contributed by atoms with Crippen LogP contribution in [-0.4, -0.2) is 28.1 Å². The van der Waals surface area contributed by atoms with Gasteiger partial charge in [0.1, 0.15) is 0 Å². The van der Waals surface area contributed by atoms with Gasteiger partial charge in [0.05, 0.1) is 11.9 Å². The van der Waals surface area contributed by atoms with E-state index in [9.17, 15) is 0 Å². The Bertz CT molecular complexity index is 219. The first-order chi connectivity index (χ1) is 5.84. The molecule has 0 amide bonds. The van der Waals surface area contributed by atoms with Crippen molar-refractivity contribution in [1.29, 1.82) is 0 Å². The molecule has 12 heavy (non-hydrogen) atoms. The van der Waals surface area contributed by atoms with Crippen molar-refractivity contribution in [2.75, 3.05) is 13.1 Å². The van der Waals surface area contributed by atoms with Crippen molar-refractivity contribution in [3.05, 3.63) is 11.9 Å². The molecule has 1 aromatic heterocycles. The maximum Gasteiger partial charge on any atom is 0.0724 e. The lowest BCUT2D eigenvalue weighted by molar-refractivity contribution is 0.629. The van der Waals surface area contributed by atoms with E-state index in [0.717, 1.165) is 25.9 Å². The zero-order valence-electron chi connectivity index (χ0n) is 7.75. The summed E-state index contributed by atoms with van der Waals surface area (Å²) in [6.07, 6.45) is 4.03. The molecule has 0 aliphatic rings. The second-order valence-electron chi connectivity index (χ2n) is 2.81. The molecule has 4 nitrogen and oxygen atoms in total. The van der Waals surface area contributed by atoms with Crippen LogP contribution < -0.4 is 5.32 Å². The number of aromatic nitrogens is 3. The quantitative estimate of drug-likeness (QED) is 0.645. The molecule has 0 unspecified atom stereocenters. The molecule has 0 radical (unpaired) electrons. The molecule has 0 spiro atoms. The molecular weight excluding hydrogens is 152 g/mol. The second-order valence-corrected chi connectivity index (χ2v) is 2.81. The minimum atomic E-state index is 1.05. The van der Waals surface area contributed by atoms with Crippen molar-refractivity contribution >= 4 is 0 Å². The van der Waals surface area contributed by atoms with Gasteiger partial charge in [-0.3, -0.25) is 4.68 Å². The molecule has 0 aliphatic carbocycles. The highest BCUT2D eigenvalue weighted by Crippen LogP contribution is 1.97. The van der Waals surface area contributed by atoms with Gasteiger partial charge in [0.2, 0.25) is 0 Å². The average molecular weight is 168 g/mol. The lowest BCUT2D eigenvalue weighted by Crippen LogP contribution is -2.15. The first-order valence-electron chi connectivity index (χ1n) is 4.39. The Balaban J connectivity index is 2.20. The molecule has 0 atom stereocenters. The van der Waals surface area contributed by atoms with Crippen LogP contribution in [0.3, 0.4) is 0 Å². The molecule has 0 saturated heterocycles. The van der Waals surface area contributed by atoms with E-state index >= 15 is 0 Å². The van der Waals surface area contributed by atoms with E-state index in [0.29, 0.717) is 0 Å². The number of hydrogen-bond donors (Lipinski definition) is 1. The summed E-state index contributed by atoms with van der Waals surface area (Å²) in [4.78, 5) is 0. The fourth-order valence-corrected chi connectivity index (χ4v) is 1.11. The molecule has 0 aliphatic heterocycles. The van der Waals surface area contributed by atoms with E-state index in [4.69, 9.17) is 0 Å². The lowest BCUT2D eigenvalue weighted by atomic mass is 10.2. The highest BCUT2D eigenvalue weighted by molar-refractivity contribution is 4.92. The molecule has 1 aromatic rings. The fourth-order valence-electron chi connectivity index (χ4n) is 1.11. The van der Waals surface area contributed by atoms with E-state index in [-0.39, 0.29) is 0 Å². The summed E-state index contributed by atoms with van der Waals surface area (Å²) in [6, 6.07) is 0. The molecule has 0 bridgehead atoms. The summed E-state index contributed by atoms with van der Waals surface area (Å²) < 4.78 is 1.83. The maximum atomic E-state index is 3.86. The Morgan fingerprint density at radius 1 is 1.58 bits per heavy atom. The summed E-state index contributed by atoms with van der Waals surface area (Å²) in [5.74, 6) is 0. The number of rotatable bonds is 5. The number of nitrogens with zero attached hydrogens (tertiary/aromatic N) is 3. The van der Waals surface area contributed by atoms with Gasteiger partial charge in [-0.05, 0) is 25.9 Å². The van der Waals surface area contributed by atoms with Gasteiger partial charge in [0, 0.05) is 7.05 Å². The number of nitrogens with one attached hydrogen (secondary N) is 1. The Labute approximate surface area is 73.0 Å². The van der Waals surface area contributed by atoms with E-state index in [2.05, 4.69) is 22.6 Å². The molecule has 1 heterocycles. The summed E-state index contributed by atoms with van der Waals surface area (Å²) in [5, 5.41) is 11.0. The molecule has 0 saturated carbocycles. The van der Waals surface area contributed by atoms with Crippen LogP contribution in [0.5, 0.6) is 0 Å². The largest absolute Gasteiger partial charge is 0.317 e. The maximum absolute atomic E-state index is 3.86. The Morgan fingerprint density at radius 2 is 2.42 bits per heavy atom. The van der Waals surface area contributed by atoms with Gasteiger partial charge >= 0.3 is 0 Å². The molecular formula is C8H16N4. The van der Waals surface area contributed by atoms with Crippen molar-refractivity contribution in [2.24, 2.45) is 7.05 Å². The predicted molar refractivity (Wildman–Crippen MR) is 47.9 cm³/mol. The number of aryl methyl sites for hydroxylation is 2. The highest BCUT2D eigenvalue weighted by atomic mass is 15.4. The summed E-state index contributed by atoms with van der Waals surface area (Å²) >= 11 is 0. The Hall–Kier alpha value is -0.900. The van der Waals surface area contributed by atoms with E-state index in [1.807, 2.05) is 17.9 Å². The van der Waals surface area contributed by atoms with Crippen LogP contribution in [-0.2, 0) is 13.5 Å². The second kappa shape index (κ2) is 4.87. The van der Waals surface area contributed by atoms with Crippen LogP contribution in [0, 0.1) is 0 Å². The van der Waals surface area contributed by atoms with Crippen molar-refractivity contribution in [3.8, 4) is 0 Å². The van der Waals surface area contributed by atoms with Crippen molar-refractivity contribution in [1.82, 2.24) is 20.3 Å². The zero-order chi connectivity index (χ0) is 8.81. The molecule has 1 rings (SSSR count). The minimum Gasteiger partial charge on any atom is -0.317 e. The van der Waals surface area contributed by atoms with Crippen LogP contribution in [0.4, 0.5) is 0 Å². The van der Waals surface area contributed by atoms with Crippen LogP contribution >= 0.6 is 0 Å². The Morgan fingerprint density at radius 3 is 3.00 bits per heavy atom. The molecule has 1 N–H and O–H groups in total. The zero-order valence-corrected chi connectivity index (χ0v) is 7.75. The monoisotopic (exact) mass is 168 g/mol. The van der Waals surface area contributed by atoms with Gasteiger partial charge < -0.3 is 5.32 Å². The first kappa shape index (κ1) is 9.19. The van der Waals surface area contributed by atoms with Crippen molar-refractivity contribution < 1.29 is 0 Å². The van der Waals surface area contributed by atoms with Gasteiger partial charge in [-0.1, -0.05) is 12.1 Å². The Kier molecular flexibility index (Phi) is 3.73. The smallest absolute Gasteiger partial charge is 0.0724 e. The van der Waals surface area contributed by atoms with Crippen molar-refractivity contribution in [2.45, 2.75) is 19.8 Å². The van der Waals surface area contributed by atoms with Gasteiger partial charge in [-0.15, -0.1) is 5.10 Å². The summed E-state index contributed by atoms with van der Waals surface area (Å²) in [5.41, 5.74) is 1.20. The third-order valence-electron chi connectivity index (χ3n) is 1.84. The normalized spacial score (nSPS) is 10.5. The SMILES string of the molecule is CCNCCCc1cnnn1C. The van der Waals surface area contributed by atoms with Gasteiger partial charge in [0.25, 0.3) is 0 Å². The molecule has 68 valence electrons. The van der Waals surface area contributed by atoms with E-state index in [1.54, 1.807) is 0 Å². The van der Waals surface area contributed by atoms with Crippen LogP contribution in [0.25, 0.3) is 0 Å². The van der Waals surface area contributed by atoms with E-state index in [1.165, 1.54) is 5.69 Å². The van der Waals surface area contributed by atoms with E-state index < -0.39 is 0 Å².